The first-order chi connectivity index (χ1) is 14.9. The van der Waals surface area contributed by atoms with E-state index in [1.54, 1.807) is 0 Å². The van der Waals surface area contributed by atoms with Gasteiger partial charge >= 0.3 is 6.36 Å². The van der Waals surface area contributed by atoms with Gasteiger partial charge < -0.3 is 19.5 Å². The van der Waals surface area contributed by atoms with Crippen molar-refractivity contribution in [2.45, 2.75) is 35.6 Å². The van der Waals surface area contributed by atoms with Crippen molar-refractivity contribution in [1.82, 2.24) is 9.88 Å². The third-order valence-corrected chi connectivity index (χ3v) is 6.96. The molecular weight excluding hydrogens is 477 g/mol. The molecule has 0 spiro atoms. The molecule has 2 aliphatic rings. The molecular formula is C19H16ClF3N2O6S. The number of carbonyl (C=O) groups excluding carboxylic acids is 1. The summed E-state index contributed by atoms with van der Waals surface area (Å²) in [6, 6.07) is 3.67. The van der Waals surface area contributed by atoms with Gasteiger partial charge in [-0.1, -0.05) is 11.6 Å². The Bertz CT molecular complexity index is 1170. The molecule has 0 unspecified atom stereocenters. The lowest BCUT2D eigenvalue weighted by molar-refractivity contribution is -0.275. The number of aliphatic hydroxyl groups excluding tert-OH is 1. The quantitative estimate of drug-likeness (QED) is 0.699. The fourth-order valence-electron chi connectivity index (χ4n) is 3.70. The van der Waals surface area contributed by atoms with Crippen molar-refractivity contribution in [3.63, 3.8) is 0 Å². The number of hydrogen-bond donors (Lipinski definition) is 1. The molecule has 4 rings (SSSR count). The Morgan fingerprint density at radius 3 is 2.78 bits per heavy atom. The van der Waals surface area contributed by atoms with Crippen molar-refractivity contribution in [3.8, 4) is 11.6 Å². The third kappa shape index (κ3) is 4.62. The molecule has 1 amide bonds. The summed E-state index contributed by atoms with van der Waals surface area (Å²) in [5, 5.41) is 9.74. The zero-order valence-electron chi connectivity index (χ0n) is 16.2. The van der Waals surface area contributed by atoms with E-state index in [-0.39, 0.29) is 41.2 Å². The van der Waals surface area contributed by atoms with E-state index < -0.39 is 44.6 Å². The first-order valence-electron chi connectivity index (χ1n) is 9.32. The number of aliphatic hydroxyl groups is 1. The fraction of sp³-hybridized carbons (Fsp3) is 0.368. The number of halogens is 4. The number of sulfone groups is 1. The maximum Gasteiger partial charge on any atom is 0.573 e. The van der Waals surface area contributed by atoms with Gasteiger partial charge in [-0.15, -0.1) is 13.2 Å². The summed E-state index contributed by atoms with van der Waals surface area (Å²) in [4.78, 5) is 17.6. The molecule has 1 aromatic heterocycles. The molecule has 32 heavy (non-hydrogen) atoms. The van der Waals surface area contributed by atoms with Crippen LogP contribution in [-0.2, 0) is 15.6 Å². The van der Waals surface area contributed by atoms with Gasteiger partial charge in [0.05, 0.1) is 17.9 Å². The van der Waals surface area contributed by atoms with E-state index in [1.807, 2.05) is 0 Å². The first kappa shape index (κ1) is 22.6. The summed E-state index contributed by atoms with van der Waals surface area (Å²) in [7, 11) is -4.37. The summed E-state index contributed by atoms with van der Waals surface area (Å²) in [6.45, 7) is 0.233. The number of pyridine rings is 1. The van der Waals surface area contributed by atoms with Crippen molar-refractivity contribution in [1.29, 1.82) is 0 Å². The maximum atomic E-state index is 12.9. The molecule has 8 nitrogen and oxygen atoms in total. The van der Waals surface area contributed by atoms with Gasteiger partial charge in [-0.3, -0.25) is 4.79 Å². The number of rotatable bonds is 4. The Balaban J connectivity index is 1.66. The predicted octanol–water partition coefficient (Wildman–Crippen LogP) is 2.58. The molecule has 2 aliphatic heterocycles. The van der Waals surface area contributed by atoms with Crippen molar-refractivity contribution < 1.29 is 41.0 Å². The van der Waals surface area contributed by atoms with Crippen molar-refractivity contribution in [3.05, 3.63) is 46.6 Å². The molecule has 1 N–H and O–H groups in total. The summed E-state index contributed by atoms with van der Waals surface area (Å²) in [5.74, 6) is -2.14. The number of aromatic nitrogens is 1. The zero-order chi connectivity index (χ0) is 23.3. The van der Waals surface area contributed by atoms with Crippen LogP contribution in [0.2, 0.25) is 5.02 Å². The van der Waals surface area contributed by atoms with Gasteiger partial charge in [0.15, 0.2) is 9.84 Å². The molecule has 2 atom stereocenters. The van der Waals surface area contributed by atoms with Crippen LogP contribution in [0.5, 0.6) is 11.6 Å². The van der Waals surface area contributed by atoms with Crippen LogP contribution in [0, 0.1) is 0 Å². The Labute approximate surface area is 185 Å². The standard InChI is InChI=1S/C19H16ClF3N2O6S/c20-11-1-2-15(31-19(21,22)23)16(4-11)32(28,29)9-10-3-14-17(24-6-10)30-8-12-5-13(26)7-25(12)18(14)27/h1-4,6,12-13,26H,5,7-9H2/t12-,13+/m1/s1. The van der Waals surface area contributed by atoms with Crippen LogP contribution in [-0.4, -0.2) is 61.0 Å². The number of alkyl halides is 3. The van der Waals surface area contributed by atoms with E-state index in [2.05, 4.69) is 9.72 Å². The Morgan fingerprint density at radius 2 is 2.06 bits per heavy atom. The van der Waals surface area contributed by atoms with Crippen LogP contribution < -0.4 is 9.47 Å². The van der Waals surface area contributed by atoms with Crippen molar-refractivity contribution in [2.75, 3.05) is 13.2 Å². The van der Waals surface area contributed by atoms with E-state index in [9.17, 15) is 31.5 Å². The largest absolute Gasteiger partial charge is 0.573 e. The topological polar surface area (TPSA) is 106 Å². The Kier molecular flexibility index (Phi) is 5.72. The Morgan fingerprint density at radius 1 is 1.31 bits per heavy atom. The lowest BCUT2D eigenvalue weighted by Gasteiger charge is -2.20. The summed E-state index contributed by atoms with van der Waals surface area (Å²) in [6.07, 6.45) is -4.29. The van der Waals surface area contributed by atoms with Crippen molar-refractivity contribution >= 4 is 27.3 Å². The monoisotopic (exact) mass is 492 g/mol. The van der Waals surface area contributed by atoms with Gasteiger partial charge in [-0.2, -0.15) is 0 Å². The van der Waals surface area contributed by atoms with Crippen LogP contribution in [0.1, 0.15) is 22.3 Å². The van der Waals surface area contributed by atoms with Crippen LogP contribution in [0.3, 0.4) is 0 Å². The number of ether oxygens (including phenoxy) is 2. The van der Waals surface area contributed by atoms with Gasteiger partial charge in [0.2, 0.25) is 5.88 Å². The lowest BCUT2D eigenvalue weighted by Crippen LogP contribution is -2.37. The molecule has 3 heterocycles. The molecule has 1 fully saturated rings. The highest BCUT2D eigenvalue weighted by atomic mass is 35.5. The van der Waals surface area contributed by atoms with E-state index >= 15 is 0 Å². The first-order valence-corrected chi connectivity index (χ1v) is 11.3. The average Bonchev–Trinajstić information content (AvgIpc) is 3.01. The van der Waals surface area contributed by atoms with E-state index in [0.29, 0.717) is 6.42 Å². The number of carbonyl (C=O) groups is 1. The molecule has 0 aliphatic carbocycles. The smallest absolute Gasteiger partial charge is 0.475 e. The second-order valence-corrected chi connectivity index (χ2v) is 9.80. The second kappa shape index (κ2) is 8.09. The predicted molar refractivity (Wildman–Crippen MR) is 104 cm³/mol. The highest BCUT2D eigenvalue weighted by Crippen LogP contribution is 2.34. The van der Waals surface area contributed by atoms with Crippen LogP contribution in [0.4, 0.5) is 13.2 Å². The fourth-order valence-corrected chi connectivity index (χ4v) is 5.41. The van der Waals surface area contributed by atoms with E-state index in [1.165, 1.54) is 17.2 Å². The van der Waals surface area contributed by atoms with Gasteiger partial charge in [0.1, 0.15) is 22.8 Å². The molecule has 0 radical (unpaired) electrons. The molecule has 0 saturated carbocycles. The van der Waals surface area contributed by atoms with Crippen LogP contribution >= 0.6 is 11.6 Å². The molecule has 0 bridgehead atoms. The number of hydrogen-bond acceptors (Lipinski definition) is 7. The Hall–Kier alpha value is -2.57. The molecule has 1 saturated heterocycles. The normalized spacial score (nSPS) is 20.9. The van der Waals surface area contributed by atoms with Crippen molar-refractivity contribution in [2.24, 2.45) is 0 Å². The number of amides is 1. The van der Waals surface area contributed by atoms with Crippen LogP contribution in [0.15, 0.2) is 35.4 Å². The highest BCUT2D eigenvalue weighted by molar-refractivity contribution is 7.90. The molecule has 172 valence electrons. The zero-order valence-corrected chi connectivity index (χ0v) is 17.7. The van der Waals surface area contributed by atoms with Gasteiger partial charge in [-0.25, -0.2) is 13.4 Å². The minimum absolute atomic E-state index is 0.00663. The number of benzene rings is 1. The second-order valence-electron chi connectivity index (χ2n) is 7.41. The van der Waals surface area contributed by atoms with E-state index in [4.69, 9.17) is 16.3 Å². The van der Waals surface area contributed by atoms with Crippen LogP contribution in [0.25, 0.3) is 0 Å². The third-order valence-electron chi connectivity index (χ3n) is 5.03. The molecule has 2 aromatic rings. The highest BCUT2D eigenvalue weighted by Gasteiger charge is 2.39. The summed E-state index contributed by atoms with van der Waals surface area (Å²) in [5.41, 5.74) is 0.0592. The SMILES string of the molecule is O=C1c2cc(CS(=O)(=O)c3cc(Cl)ccc3OC(F)(F)F)cnc2OC[C@H]2C[C@H](O)CN12. The van der Waals surface area contributed by atoms with E-state index in [0.717, 1.165) is 18.2 Å². The lowest BCUT2D eigenvalue weighted by atomic mass is 10.2. The van der Waals surface area contributed by atoms with Gasteiger partial charge in [0, 0.05) is 17.8 Å². The maximum absolute atomic E-state index is 12.9. The molecule has 13 heteroatoms. The minimum atomic E-state index is -5.11. The van der Waals surface area contributed by atoms with Gasteiger partial charge in [-0.05, 0) is 36.2 Å². The number of fused-ring (bicyclic) bond motifs is 2. The molecule has 1 aromatic carbocycles. The number of nitrogens with zero attached hydrogens (tertiary/aromatic N) is 2. The summed E-state index contributed by atoms with van der Waals surface area (Å²) >= 11 is 5.79. The summed E-state index contributed by atoms with van der Waals surface area (Å²) < 4.78 is 73.3. The minimum Gasteiger partial charge on any atom is -0.475 e. The average molecular weight is 493 g/mol. The van der Waals surface area contributed by atoms with Gasteiger partial charge in [0.25, 0.3) is 5.91 Å².